The van der Waals surface area contributed by atoms with Crippen molar-refractivity contribution in [3.8, 4) is 22.7 Å². The van der Waals surface area contributed by atoms with Gasteiger partial charge < -0.3 is 25.6 Å². The highest BCUT2D eigenvalue weighted by atomic mass is 19.1. The Hall–Kier alpha value is -4.20. The molecule has 2 aromatic carbocycles. The number of fused-ring (bicyclic) bond motifs is 1. The van der Waals surface area contributed by atoms with Gasteiger partial charge in [-0.25, -0.2) is 14.2 Å². The molecule has 0 radical (unpaired) electrons. The summed E-state index contributed by atoms with van der Waals surface area (Å²) in [5.74, 6) is -1.32. The molecule has 4 rings (SSSR count). The maximum atomic E-state index is 13.7. The summed E-state index contributed by atoms with van der Waals surface area (Å²) in [5, 5.41) is 17.9. The summed E-state index contributed by atoms with van der Waals surface area (Å²) in [4.78, 5) is 15.6. The molecule has 0 bridgehead atoms. The molecule has 33 heavy (non-hydrogen) atoms. The number of ether oxygens (including phenoxy) is 1. The summed E-state index contributed by atoms with van der Waals surface area (Å²) in [5.41, 5.74) is 10.9. The second-order valence-electron chi connectivity index (χ2n) is 7.93. The van der Waals surface area contributed by atoms with Crippen molar-refractivity contribution in [3.63, 3.8) is 0 Å². The van der Waals surface area contributed by atoms with Crippen molar-refractivity contribution in [2.45, 2.75) is 19.8 Å². The number of nitrogens with one attached hydrogen (secondary N) is 1. The Bertz CT molecular complexity index is 1390. The predicted molar refractivity (Wildman–Crippen MR) is 126 cm³/mol. The number of nitrogens with zero attached hydrogens (tertiary/aromatic N) is 2. The van der Waals surface area contributed by atoms with Crippen LogP contribution in [0.1, 0.15) is 41.5 Å². The molecule has 0 amide bonds. The number of hydrogen-bond acceptors (Lipinski definition) is 5. The number of aromatic nitrogens is 2. The smallest absolute Gasteiger partial charge is 0.354 e. The third kappa shape index (κ3) is 3.69. The maximum absolute atomic E-state index is 13.7. The van der Waals surface area contributed by atoms with Crippen molar-refractivity contribution < 1.29 is 19.0 Å². The number of pyridine rings is 1. The van der Waals surface area contributed by atoms with Gasteiger partial charge in [0.1, 0.15) is 5.82 Å². The number of aromatic carboxylic acids is 1. The second-order valence-corrected chi connectivity index (χ2v) is 7.93. The highest BCUT2D eigenvalue weighted by Crippen LogP contribution is 2.44. The lowest BCUT2D eigenvalue weighted by atomic mass is 9.96. The number of nitrogens with two attached hydrogens (primary N) is 1. The molecule has 8 heteroatoms. The molecule has 168 valence electrons. The monoisotopic (exact) mass is 446 g/mol. The average molecular weight is 446 g/mol. The van der Waals surface area contributed by atoms with Gasteiger partial charge in [0.2, 0.25) is 5.88 Å². The number of methoxy groups -OCH3 is 1. The number of carboxylic acids is 1. The van der Waals surface area contributed by atoms with Crippen LogP contribution in [0, 0.1) is 11.2 Å². The lowest BCUT2D eigenvalue weighted by Crippen LogP contribution is -2.05. The van der Waals surface area contributed by atoms with Crippen molar-refractivity contribution in [2.75, 3.05) is 12.8 Å². The van der Waals surface area contributed by atoms with Gasteiger partial charge in [-0.1, -0.05) is 13.8 Å². The van der Waals surface area contributed by atoms with Crippen molar-refractivity contribution >= 4 is 28.8 Å². The highest BCUT2D eigenvalue weighted by Gasteiger charge is 2.26. The van der Waals surface area contributed by atoms with Crippen molar-refractivity contribution in [1.29, 1.82) is 5.41 Å². The van der Waals surface area contributed by atoms with E-state index in [9.17, 15) is 14.3 Å². The molecular formula is C25H23FN4O3. The zero-order valence-corrected chi connectivity index (χ0v) is 18.4. The number of anilines is 1. The topological polar surface area (TPSA) is 114 Å². The fourth-order valence-corrected chi connectivity index (χ4v) is 4.11. The van der Waals surface area contributed by atoms with Crippen LogP contribution in [0.25, 0.3) is 27.7 Å². The van der Waals surface area contributed by atoms with Gasteiger partial charge in [-0.3, -0.25) is 0 Å². The quantitative estimate of drug-likeness (QED) is 0.277. The highest BCUT2D eigenvalue weighted by molar-refractivity contribution is 6.05. The molecule has 4 aromatic rings. The van der Waals surface area contributed by atoms with E-state index in [1.807, 2.05) is 24.5 Å². The largest absolute Gasteiger partial charge is 0.481 e. The fraction of sp³-hybridized carbons (Fsp3) is 0.160. The molecule has 2 heterocycles. The van der Waals surface area contributed by atoms with E-state index in [0.29, 0.717) is 16.8 Å². The molecule has 0 fully saturated rings. The van der Waals surface area contributed by atoms with Crippen molar-refractivity contribution in [3.05, 3.63) is 71.3 Å². The van der Waals surface area contributed by atoms with Gasteiger partial charge in [0.15, 0.2) is 5.69 Å². The van der Waals surface area contributed by atoms with Crippen LogP contribution in [0.3, 0.4) is 0 Å². The Balaban J connectivity index is 2.18. The van der Waals surface area contributed by atoms with Crippen LogP contribution < -0.4 is 10.5 Å². The molecule has 0 aliphatic carbocycles. The van der Waals surface area contributed by atoms with Gasteiger partial charge >= 0.3 is 5.97 Å². The number of halogens is 1. The molecule has 2 aromatic heterocycles. The van der Waals surface area contributed by atoms with Gasteiger partial charge in [0.05, 0.1) is 12.6 Å². The van der Waals surface area contributed by atoms with Gasteiger partial charge in [-0.05, 0) is 54.4 Å². The zero-order valence-electron chi connectivity index (χ0n) is 18.4. The van der Waals surface area contributed by atoms with E-state index in [2.05, 4.69) is 4.98 Å². The van der Waals surface area contributed by atoms with E-state index >= 15 is 0 Å². The Morgan fingerprint density at radius 1 is 1.21 bits per heavy atom. The van der Waals surface area contributed by atoms with E-state index in [-0.39, 0.29) is 23.3 Å². The molecule has 0 aliphatic rings. The molecule has 0 saturated carbocycles. The van der Waals surface area contributed by atoms with Crippen LogP contribution in [-0.2, 0) is 0 Å². The van der Waals surface area contributed by atoms with Gasteiger partial charge in [0.25, 0.3) is 0 Å². The summed E-state index contributed by atoms with van der Waals surface area (Å²) in [6.07, 6.45) is 1.19. The summed E-state index contributed by atoms with van der Waals surface area (Å²) >= 11 is 0. The standard InChI is InChI=1S/C25H23FN4O3/c1-13(2)23-22(17-8-9-20(25(31)32)29-24(17)33-3)18-11-19(28)14(12-27)10-21(18)30(23)16-6-4-15(26)5-7-16/h4-13,27H,28H2,1-3H3,(H,31,32). The Morgan fingerprint density at radius 2 is 1.91 bits per heavy atom. The van der Waals surface area contributed by atoms with E-state index in [4.69, 9.17) is 15.9 Å². The number of rotatable bonds is 6. The van der Waals surface area contributed by atoms with Crippen LogP contribution in [0.5, 0.6) is 5.88 Å². The second kappa shape index (κ2) is 8.38. The minimum absolute atomic E-state index is 0.00552. The predicted octanol–water partition coefficient (Wildman–Crippen LogP) is 5.24. The molecule has 0 atom stereocenters. The minimum Gasteiger partial charge on any atom is -0.481 e. The molecule has 0 aliphatic heterocycles. The van der Waals surface area contributed by atoms with E-state index in [1.165, 1.54) is 31.5 Å². The van der Waals surface area contributed by atoms with Crippen LogP contribution in [-0.4, -0.2) is 34.0 Å². The molecular weight excluding hydrogens is 423 g/mol. The van der Waals surface area contributed by atoms with Crippen LogP contribution in [0.15, 0.2) is 48.5 Å². The molecule has 0 unspecified atom stereocenters. The van der Waals surface area contributed by atoms with Crippen molar-refractivity contribution in [1.82, 2.24) is 9.55 Å². The summed E-state index contributed by atoms with van der Waals surface area (Å²) < 4.78 is 21.2. The molecule has 4 N–H and O–H groups in total. The first-order valence-corrected chi connectivity index (χ1v) is 10.3. The zero-order chi connectivity index (χ0) is 23.9. The van der Waals surface area contributed by atoms with Crippen LogP contribution in [0.4, 0.5) is 10.1 Å². The van der Waals surface area contributed by atoms with Crippen LogP contribution >= 0.6 is 0 Å². The van der Waals surface area contributed by atoms with E-state index in [1.54, 1.807) is 24.3 Å². The normalized spacial score (nSPS) is 11.2. The van der Waals surface area contributed by atoms with E-state index in [0.717, 1.165) is 27.8 Å². The minimum atomic E-state index is -1.16. The van der Waals surface area contributed by atoms with Crippen LogP contribution in [0.2, 0.25) is 0 Å². The van der Waals surface area contributed by atoms with Gasteiger partial charge in [-0.15, -0.1) is 0 Å². The fourth-order valence-electron chi connectivity index (χ4n) is 4.11. The lowest BCUT2D eigenvalue weighted by molar-refractivity contribution is 0.0689. The first kappa shape index (κ1) is 22.0. The number of carbonyl (C=O) groups is 1. The SMILES string of the molecule is COc1nc(C(=O)O)ccc1-c1c(C(C)C)n(-c2ccc(F)cc2)c2cc(C=N)c(N)cc12. The van der Waals surface area contributed by atoms with E-state index < -0.39 is 5.97 Å². The van der Waals surface area contributed by atoms with Gasteiger partial charge in [0, 0.05) is 45.4 Å². The molecule has 7 nitrogen and oxygen atoms in total. The first-order chi connectivity index (χ1) is 15.8. The number of hydrogen-bond donors (Lipinski definition) is 3. The molecule has 0 saturated heterocycles. The maximum Gasteiger partial charge on any atom is 0.354 e. The third-order valence-corrected chi connectivity index (χ3v) is 5.54. The number of benzene rings is 2. The summed E-state index contributed by atoms with van der Waals surface area (Å²) in [6.45, 7) is 4.06. The van der Waals surface area contributed by atoms with Gasteiger partial charge in [-0.2, -0.15) is 0 Å². The number of carboxylic acid groups (broad SMARTS) is 1. The summed E-state index contributed by atoms with van der Waals surface area (Å²) in [6, 6.07) is 12.9. The Labute approximate surface area is 189 Å². The Morgan fingerprint density at radius 3 is 2.48 bits per heavy atom. The molecule has 0 spiro atoms. The average Bonchev–Trinajstić information content (AvgIpc) is 3.12. The third-order valence-electron chi connectivity index (χ3n) is 5.54. The first-order valence-electron chi connectivity index (χ1n) is 10.3. The van der Waals surface area contributed by atoms with Crippen molar-refractivity contribution in [2.24, 2.45) is 0 Å². The Kier molecular flexibility index (Phi) is 5.59. The summed E-state index contributed by atoms with van der Waals surface area (Å²) in [7, 11) is 1.44. The number of nitrogen functional groups attached to an aromatic ring is 1. The lowest BCUT2D eigenvalue weighted by Gasteiger charge is -2.17.